The van der Waals surface area contributed by atoms with Crippen LogP contribution in [0.4, 0.5) is 0 Å². The zero-order valence-electron chi connectivity index (χ0n) is 9.86. The first kappa shape index (κ1) is 11.4. The number of nitrogens with zero attached hydrogens (tertiary/aromatic N) is 2. The Morgan fingerprint density at radius 3 is 2.40 bits per heavy atom. The summed E-state index contributed by atoms with van der Waals surface area (Å²) in [6.07, 6.45) is 4.63. The van der Waals surface area contributed by atoms with Gasteiger partial charge >= 0.3 is 0 Å². The van der Waals surface area contributed by atoms with Gasteiger partial charge in [-0.3, -0.25) is 0 Å². The predicted molar refractivity (Wildman–Crippen MR) is 61.9 cm³/mol. The number of hydrogen-bond acceptors (Lipinski definition) is 3. The molecule has 88 valence electrons. The summed E-state index contributed by atoms with van der Waals surface area (Å²) in [6.45, 7) is 8.20. The normalized spacial score (nSPS) is 30.4. The molecule has 0 aliphatic carbocycles. The molecule has 1 N–H and O–H groups in total. The quantitative estimate of drug-likeness (QED) is 0.751. The zero-order valence-corrected chi connectivity index (χ0v) is 9.86. The third kappa shape index (κ3) is 2.92. The van der Waals surface area contributed by atoms with Crippen LogP contribution in [0.25, 0.3) is 0 Å². The van der Waals surface area contributed by atoms with Gasteiger partial charge in [0.25, 0.3) is 0 Å². The second-order valence-electron chi connectivity index (χ2n) is 4.93. The number of likely N-dealkylation sites (tertiary alicyclic amines) is 2. The van der Waals surface area contributed by atoms with Gasteiger partial charge in [0.2, 0.25) is 0 Å². The number of aliphatic hydroxyl groups excluding tert-OH is 1. The van der Waals surface area contributed by atoms with Gasteiger partial charge in [0, 0.05) is 19.1 Å². The van der Waals surface area contributed by atoms with E-state index in [0.717, 1.165) is 32.0 Å². The van der Waals surface area contributed by atoms with Gasteiger partial charge in [-0.25, -0.2) is 0 Å². The summed E-state index contributed by atoms with van der Waals surface area (Å²) >= 11 is 0. The molecule has 2 aliphatic heterocycles. The molecule has 0 spiro atoms. The van der Waals surface area contributed by atoms with Gasteiger partial charge in [0.15, 0.2) is 0 Å². The summed E-state index contributed by atoms with van der Waals surface area (Å²) in [6, 6.07) is 0.849. The fourth-order valence-corrected chi connectivity index (χ4v) is 2.71. The highest BCUT2D eigenvalue weighted by Gasteiger charge is 2.26. The third-order valence-electron chi connectivity index (χ3n) is 4.01. The molecule has 0 amide bonds. The molecule has 0 saturated carbocycles. The average Bonchev–Trinajstić information content (AvgIpc) is 2.20. The monoisotopic (exact) mass is 212 g/mol. The molecule has 2 aliphatic rings. The Bertz CT molecular complexity index is 188. The largest absolute Gasteiger partial charge is 0.393 e. The number of rotatable bonds is 4. The molecule has 0 bridgehead atoms. The molecule has 1 unspecified atom stereocenters. The molecule has 3 heteroatoms. The van der Waals surface area contributed by atoms with Crippen LogP contribution in [0.3, 0.4) is 0 Å². The highest BCUT2D eigenvalue weighted by molar-refractivity contribution is 4.83. The molecule has 0 aromatic rings. The maximum atomic E-state index is 9.41. The summed E-state index contributed by atoms with van der Waals surface area (Å²) in [7, 11) is 0. The van der Waals surface area contributed by atoms with Crippen molar-refractivity contribution < 1.29 is 5.11 Å². The second-order valence-corrected chi connectivity index (χ2v) is 4.93. The van der Waals surface area contributed by atoms with E-state index in [1.807, 2.05) is 0 Å². The summed E-state index contributed by atoms with van der Waals surface area (Å²) < 4.78 is 0. The first-order valence-electron chi connectivity index (χ1n) is 6.44. The van der Waals surface area contributed by atoms with Crippen molar-refractivity contribution in [3.8, 4) is 0 Å². The van der Waals surface area contributed by atoms with E-state index in [4.69, 9.17) is 0 Å². The van der Waals surface area contributed by atoms with E-state index < -0.39 is 0 Å². The van der Waals surface area contributed by atoms with Gasteiger partial charge in [-0.05, 0) is 45.3 Å². The first-order valence-corrected chi connectivity index (χ1v) is 6.44. The summed E-state index contributed by atoms with van der Waals surface area (Å²) in [4.78, 5) is 5.08. The molecule has 0 aromatic carbocycles. The number of piperidine rings is 1. The molecule has 0 radical (unpaired) electrons. The lowest BCUT2D eigenvalue weighted by molar-refractivity contribution is 0.0558. The van der Waals surface area contributed by atoms with Crippen LogP contribution in [0.5, 0.6) is 0 Å². The fraction of sp³-hybridized carbons (Fsp3) is 1.00. The smallest absolute Gasteiger partial charge is 0.0564 e. The molecule has 15 heavy (non-hydrogen) atoms. The summed E-state index contributed by atoms with van der Waals surface area (Å²) in [5.41, 5.74) is 0. The third-order valence-corrected chi connectivity index (χ3v) is 4.01. The van der Waals surface area contributed by atoms with Crippen molar-refractivity contribution in [2.24, 2.45) is 0 Å². The van der Waals surface area contributed by atoms with Gasteiger partial charge < -0.3 is 14.9 Å². The van der Waals surface area contributed by atoms with E-state index >= 15 is 0 Å². The van der Waals surface area contributed by atoms with Crippen molar-refractivity contribution in [2.45, 2.75) is 44.8 Å². The Balaban J connectivity index is 1.61. The Morgan fingerprint density at radius 2 is 1.87 bits per heavy atom. The molecule has 1 atom stereocenters. The average molecular weight is 212 g/mol. The zero-order chi connectivity index (χ0) is 10.7. The van der Waals surface area contributed by atoms with E-state index in [2.05, 4.69) is 16.7 Å². The van der Waals surface area contributed by atoms with E-state index in [1.165, 1.54) is 32.5 Å². The highest BCUT2D eigenvalue weighted by Crippen LogP contribution is 2.20. The van der Waals surface area contributed by atoms with Crippen LogP contribution in [-0.4, -0.2) is 59.8 Å². The highest BCUT2D eigenvalue weighted by atomic mass is 16.3. The minimum Gasteiger partial charge on any atom is -0.393 e. The SMILES string of the molecule is CCN1CCC1CCN1CCC(O)CC1. The standard InChI is InChI=1S/C12H24N2O/c1-2-14-10-4-11(14)3-7-13-8-5-12(15)6-9-13/h11-12,15H,2-10H2,1H3. The van der Waals surface area contributed by atoms with E-state index in [1.54, 1.807) is 0 Å². The van der Waals surface area contributed by atoms with Crippen molar-refractivity contribution in [1.29, 1.82) is 0 Å². The van der Waals surface area contributed by atoms with Gasteiger partial charge in [0.05, 0.1) is 6.10 Å². The topological polar surface area (TPSA) is 26.7 Å². The molecule has 2 heterocycles. The van der Waals surface area contributed by atoms with Gasteiger partial charge in [-0.15, -0.1) is 0 Å². The van der Waals surface area contributed by atoms with Crippen LogP contribution in [0.2, 0.25) is 0 Å². The maximum Gasteiger partial charge on any atom is 0.0564 e. The van der Waals surface area contributed by atoms with Gasteiger partial charge in [0.1, 0.15) is 0 Å². The van der Waals surface area contributed by atoms with Crippen molar-refractivity contribution in [3.63, 3.8) is 0 Å². The Morgan fingerprint density at radius 1 is 1.13 bits per heavy atom. The molecule has 0 aromatic heterocycles. The van der Waals surface area contributed by atoms with Crippen LogP contribution in [0, 0.1) is 0 Å². The Kier molecular flexibility index (Phi) is 4.00. The van der Waals surface area contributed by atoms with Crippen molar-refractivity contribution in [3.05, 3.63) is 0 Å². The minimum absolute atomic E-state index is 0.0305. The van der Waals surface area contributed by atoms with Crippen molar-refractivity contribution >= 4 is 0 Å². The lowest BCUT2D eigenvalue weighted by Gasteiger charge is -2.41. The van der Waals surface area contributed by atoms with Gasteiger partial charge in [-0.2, -0.15) is 0 Å². The lowest BCUT2D eigenvalue weighted by atomic mass is 9.99. The van der Waals surface area contributed by atoms with Crippen molar-refractivity contribution in [1.82, 2.24) is 9.80 Å². The number of aliphatic hydroxyl groups is 1. The minimum atomic E-state index is -0.0305. The van der Waals surface area contributed by atoms with Crippen LogP contribution in [0.1, 0.15) is 32.6 Å². The first-order chi connectivity index (χ1) is 7.29. The van der Waals surface area contributed by atoms with Crippen LogP contribution >= 0.6 is 0 Å². The van der Waals surface area contributed by atoms with Crippen LogP contribution in [-0.2, 0) is 0 Å². The lowest BCUT2D eigenvalue weighted by Crippen LogP contribution is -2.49. The molecule has 2 rings (SSSR count). The molecule has 2 saturated heterocycles. The van der Waals surface area contributed by atoms with Crippen LogP contribution in [0.15, 0.2) is 0 Å². The second kappa shape index (κ2) is 5.28. The number of hydrogen-bond donors (Lipinski definition) is 1. The Labute approximate surface area is 93.1 Å². The maximum absolute atomic E-state index is 9.41. The van der Waals surface area contributed by atoms with E-state index in [0.29, 0.717) is 0 Å². The van der Waals surface area contributed by atoms with E-state index in [-0.39, 0.29) is 6.10 Å². The predicted octanol–water partition coefficient (Wildman–Crippen LogP) is 0.927. The molecular weight excluding hydrogens is 188 g/mol. The molecule has 2 fully saturated rings. The summed E-state index contributed by atoms with van der Waals surface area (Å²) in [5, 5.41) is 9.41. The van der Waals surface area contributed by atoms with E-state index in [9.17, 15) is 5.11 Å². The van der Waals surface area contributed by atoms with Gasteiger partial charge in [-0.1, -0.05) is 6.92 Å². The summed E-state index contributed by atoms with van der Waals surface area (Å²) in [5.74, 6) is 0. The molecular formula is C12H24N2O. The Hall–Kier alpha value is -0.120. The van der Waals surface area contributed by atoms with Crippen LogP contribution < -0.4 is 0 Å². The fourth-order valence-electron chi connectivity index (χ4n) is 2.71. The molecule has 3 nitrogen and oxygen atoms in total. The van der Waals surface area contributed by atoms with Crippen molar-refractivity contribution in [2.75, 3.05) is 32.7 Å².